The number of nitrogens with two attached hydrogens (primary N) is 1. The van der Waals surface area contributed by atoms with Gasteiger partial charge in [-0.1, -0.05) is 0 Å². The van der Waals surface area contributed by atoms with E-state index in [1.165, 1.54) is 29.9 Å². The smallest absolute Gasteiger partial charge is 0.244 e. The third-order valence-corrected chi connectivity index (χ3v) is 5.37. The molecule has 1 aromatic heterocycles. The number of pyridine rings is 1. The van der Waals surface area contributed by atoms with Crippen molar-refractivity contribution < 1.29 is 17.9 Å². The summed E-state index contributed by atoms with van der Waals surface area (Å²) in [6, 6.07) is 2.37. The van der Waals surface area contributed by atoms with Crippen molar-refractivity contribution in [1.82, 2.24) is 14.2 Å². The summed E-state index contributed by atoms with van der Waals surface area (Å²) in [5, 5.41) is 0. The zero-order valence-corrected chi connectivity index (χ0v) is 13.2. The van der Waals surface area contributed by atoms with Gasteiger partial charge < -0.3 is 15.4 Å². The van der Waals surface area contributed by atoms with Gasteiger partial charge in [-0.05, 0) is 12.1 Å². The van der Waals surface area contributed by atoms with Crippen LogP contribution in [0.2, 0.25) is 0 Å². The first kappa shape index (κ1) is 16.8. The van der Waals surface area contributed by atoms with Crippen molar-refractivity contribution in [3.8, 4) is 0 Å². The van der Waals surface area contributed by atoms with E-state index < -0.39 is 16.1 Å². The second-order valence-electron chi connectivity index (χ2n) is 4.98. The number of methoxy groups -OCH3 is 1. The number of ether oxygens (including phenoxy) is 1. The van der Waals surface area contributed by atoms with Crippen molar-refractivity contribution in [2.45, 2.75) is 10.9 Å². The lowest BCUT2D eigenvalue weighted by Gasteiger charge is -2.35. The van der Waals surface area contributed by atoms with Crippen LogP contribution in [0.5, 0.6) is 0 Å². The Morgan fingerprint density at radius 3 is 2.64 bits per heavy atom. The van der Waals surface area contributed by atoms with Gasteiger partial charge in [0, 0.05) is 45.7 Å². The van der Waals surface area contributed by atoms with E-state index in [9.17, 15) is 13.2 Å². The van der Waals surface area contributed by atoms with Gasteiger partial charge >= 0.3 is 0 Å². The fourth-order valence-corrected chi connectivity index (χ4v) is 3.67. The number of amides is 1. The van der Waals surface area contributed by atoms with E-state index in [2.05, 4.69) is 4.98 Å². The van der Waals surface area contributed by atoms with Gasteiger partial charge in [0.25, 0.3) is 0 Å². The van der Waals surface area contributed by atoms with Crippen LogP contribution >= 0.6 is 0 Å². The van der Waals surface area contributed by atoms with Crippen molar-refractivity contribution >= 4 is 15.9 Å². The van der Waals surface area contributed by atoms with Crippen LogP contribution in [0.3, 0.4) is 0 Å². The minimum atomic E-state index is -3.56. The third-order valence-electron chi connectivity index (χ3n) is 3.49. The van der Waals surface area contributed by atoms with Crippen LogP contribution in [-0.4, -0.2) is 74.5 Å². The lowest BCUT2D eigenvalue weighted by molar-refractivity contribution is -0.134. The molecule has 1 aliphatic heterocycles. The van der Waals surface area contributed by atoms with Crippen LogP contribution in [0.25, 0.3) is 0 Å². The first-order chi connectivity index (χ1) is 10.5. The van der Waals surface area contributed by atoms with Gasteiger partial charge in [-0.25, -0.2) is 8.42 Å². The molecular formula is C13H20N4O4S. The highest BCUT2D eigenvalue weighted by Gasteiger charge is 2.31. The lowest BCUT2D eigenvalue weighted by Crippen LogP contribution is -2.55. The summed E-state index contributed by atoms with van der Waals surface area (Å²) in [7, 11) is -2.09. The molecule has 1 fully saturated rings. The molecule has 0 aromatic carbocycles. The number of carbonyl (C=O) groups is 1. The summed E-state index contributed by atoms with van der Waals surface area (Å²) in [4.78, 5) is 17.6. The molecule has 1 aliphatic rings. The standard InChI is InChI=1S/C13H20N4O4S/c1-21-10-12(14)13(18)16-5-7-17(8-6-16)22(19,20)11-3-2-4-15-9-11/h2-4,9,12H,5-8,10,14H2,1H3. The molecule has 1 aromatic rings. The Morgan fingerprint density at radius 2 is 2.09 bits per heavy atom. The first-order valence-electron chi connectivity index (χ1n) is 6.90. The Kier molecular flexibility index (Phi) is 5.46. The van der Waals surface area contributed by atoms with Crippen LogP contribution in [0, 0.1) is 0 Å². The van der Waals surface area contributed by atoms with E-state index >= 15 is 0 Å². The van der Waals surface area contributed by atoms with Gasteiger partial charge in [-0.3, -0.25) is 9.78 Å². The molecular weight excluding hydrogens is 308 g/mol. The molecule has 1 amide bonds. The van der Waals surface area contributed by atoms with Gasteiger partial charge in [0.2, 0.25) is 15.9 Å². The molecule has 22 heavy (non-hydrogen) atoms. The molecule has 0 bridgehead atoms. The lowest BCUT2D eigenvalue weighted by atomic mass is 10.2. The van der Waals surface area contributed by atoms with E-state index in [4.69, 9.17) is 10.5 Å². The fraction of sp³-hybridized carbons (Fsp3) is 0.538. The molecule has 0 radical (unpaired) electrons. The maximum atomic E-state index is 12.4. The highest BCUT2D eigenvalue weighted by molar-refractivity contribution is 7.89. The number of aromatic nitrogens is 1. The highest BCUT2D eigenvalue weighted by Crippen LogP contribution is 2.16. The van der Waals surface area contributed by atoms with Crippen molar-refractivity contribution in [2.24, 2.45) is 5.73 Å². The topological polar surface area (TPSA) is 106 Å². The van der Waals surface area contributed by atoms with E-state index in [1.807, 2.05) is 0 Å². The Labute approximate surface area is 129 Å². The number of hydrogen-bond donors (Lipinski definition) is 1. The molecule has 0 saturated carbocycles. The summed E-state index contributed by atoms with van der Waals surface area (Å²) >= 11 is 0. The fourth-order valence-electron chi connectivity index (χ4n) is 2.28. The summed E-state index contributed by atoms with van der Waals surface area (Å²) in [5.74, 6) is -0.222. The zero-order valence-electron chi connectivity index (χ0n) is 12.4. The van der Waals surface area contributed by atoms with E-state index in [0.29, 0.717) is 13.1 Å². The number of sulfonamides is 1. The van der Waals surface area contributed by atoms with Crippen LogP contribution in [0.4, 0.5) is 0 Å². The second kappa shape index (κ2) is 7.14. The maximum Gasteiger partial charge on any atom is 0.244 e. The number of hydrogen-bond acceptors (Lipinski definition) is 6. The van der Waals surface area contributed by atoms with Gasteiger partial charge in [-0.2, -0.15) is 4.31 Å². The second-order valence-corrected chi connectivity index (χ2v) is 6.92. The van der Waals surface area contributed by atoms with Gasteiger partial charge in [0.15, 0.2) is 0 Å². The summed E-state index contributed by atoms with van der Waals surface area (Å²) in [6.07, 6.45) is 2.84. The molecule has 122 valence electrons. The van der Waals surface area contributed by atoms with E-state index in [1.54, 1.807) is 11.0 Å². The zero-order chi connectivity index (χ0) is 16.2. The van der Waals surface area contributed by atoms with Crippen molar-refractivity contribution in [3.05, 3.63) is 24.5 Å². The Bertz CT molecular complexity index is 600. The monoisotopic (exact) mass is 328 g/mol. The molecule has 0 spiro atoms. The number of carbonyl (C=O) groups excluding carboxylic acids is 1. The van der Waals surface area contributed by atoms with Crippen LogP contribution < -0.4 is 5.73 Å². The predicted molar refractivity (Wildman–Crippen MR) is 79.4 cm³/mol. The van der Waals surface area contributed by atoms with Gasteiger partial charge in [0.05, 0.1) is 6.61 Å². The summed E-state index contributed by atoms with van der Waals surface area (Å²) < 4.78 is 31.1. The summed E-state index contributed by atoms with van der Waals surface area (Å²) in [5.41, 5.74) is 5.71. The number of piperazine rings is 1. The SMILES string of the molecule is COCC(N)C(=O)N1CCN(S(=O)(=O)c2cccnc2)CC1. The molecule has 1 saturated heterocycles. The van der Waals surface area contributed by atoms with Crippen molar-refractivity contribution in [3.63, 3.8) is 0 Å². The predicted octanol–water partition coefficient (Wildman–Crippen LogP) is -1.11. The Balaban J connectivity index is 1.99. The number of nitrogens with zero attached hydrogens (tertiary/aromatic N) is 3. The highest BCUT2D eigenvalue weighted by atomic mass is 32.2. The third kappa shape index (κ3) is 3.61. The Hall–Kier alpha value is -1.55. The first-order valence-corrected chi connectivity index (χ1v) is 8.34. The normalized spacial score (nSPS) is 18.2. The Morgan fingerprint density at radius 1 is 1.41 bits per heavy atom. The van der Waals surface area contributed by atoms with Gasteiger partial charge in [-0.15, -0.1) is 0 Å². The molecule has 2 heterocycles. The molecule has 9 heteroatoms. The van der Waals surface area contributed by atoms with Crippen LogP contribution in [0.1, 0.15) is 0 Å². The molecule has 1 unspecified atom stereocenters. The largest absolute Gasteiger partial charge is 0.383 e. The minimum Gasteiger partial charge on any atom is -0.383 e. The minimum absolute atomic E-state index is 0.146. The summed E-state index contributed by atoms with van der Waals surface area (Å²) in [6.45, 7) is 1.25. The molecule has 1 atom stereocenters. The average Bonchev–Trinajstić information content (AvgIpc) is 2.55. The quantitative estimate of drug-likeness (QED) is 0.734. The van der Waals surface area contributed by atoms with Gasteiger partial charge in [0.1, 0.15) is 10.9 Å². The molecule has 2 rings (SSSR count). The van der Waals surface area contributed by atoms with Crippen LogP contribution in [-0.2, 0) is 19.6 Å². The number of rotatable bonds is 5. The maximum absolute atomic E-state index is 12.4. The van der Waals surface area contributed by atoms with Crippen molar-refractivity contribution in [2.75, 3.05) is 39.9 Å². The van der Waals surface area contributed by atoms with Crippen molar-refractivity contribution in [1.29, 1.82) is 0 Å². The molecule has 8 nitrogen and oxygen atoms in total. The van der Waals surface area contributed by atoms with Crippen LogP contribution in [0.15, 0.2) is 29.4 Å². The molecule has 0 aliphatic carbocycles. The van der Waals surface area contributed by atoms with E-state index in [-0.39, 0.29) is 30.5 Å². The average molecular weight is 328 g/mol. The van der Waals surface area contributed by atoms with E-state index in [0.717, 1.165) is 0 Å². The molecule has 2 N–H and O–H groups in total.